The van der Waals surface area contributed by atoms with Gasteiger partial charge < -0.3 is 21.1 Å². The predicted octanol–water partition coefficient (Wildman–Crippen LogP) is 1.00. The van der Waals surface area contributed by atoms with E-state index in [4.69, 9.17) is 5.73 Å². The highest BCUT2D eigenvalue weighted by atomic mass is 19.3. The molecule has 2 aromatic rings. The van der Waals surface area contributed by atoms with Gasteiger partial charge in [0.05, 0.1) is 31.0 Å². The Kier molecular flexibility index (Phi) is 7.97. The Morgan fingerprint density at radius 3 is 2.74 bits per heavy atom. The van der Waals surface area contributed by atoms with E-state index in [0.29, 0.717) is 23.3 Å². The quantitative estimate of drug-likeness (QED) is 0.351. The normalized spacial score (nSPS) is 14.4. The number of halogens is 2. The average molecular weight is 491 g/mol. The number of hydrogen-bond donors (Lipinski definition) is 5. The Morgan fingerprint density at radius 2 is 2.06 bits per heavy atom. The number of H-pyrrole nitrogens is 1. The van der Waals surface area contributed by atoms with Gasteiger partial charge in [-0.2, -0.15) is 8.78 Å². The van der Waals surface area contributed by atoms with Gasteiger partial charge in [-0.05, 0) is 43.5 Å². The second-order valence-corrected chi connectivity index (χ2v) is 8.33. The summed E-state index contributed by atoms with van der Waals surface area (Å²) in [5.41, 5.74) is 9.55. The molecule has 10 nitrogen and oxygen atoms in total. The lowest BCUT2D eigenvalue weighted by molar-refractivity contribution is -0.134. The van der Waals surface area contributed by atoms with Crippen LogP contribution >= 0.6 is 0 Å². The number of carbonyl (C=O) groups is 2. The van der Waals surface area contributed by atoms with Crippen molar-refractivity contribution in [2.75, 3.05) is 18.8 Å². The molecule has 0 aliphatic carbocycles. The number of anilines is 1. The molecule has 3 heterocycles. The van der Waals surface area contributed by atoms with E-state index in [1.54, 1.807) is 19.9 Å². The van der Waals surface area contributed by atoms with E-state index in [1.165, 1.54) is 6.07 Å². The summed E-state index contributed by atoms with van der Waals surface area (Å²) in [5.74, 6) is -4.18. The maximum atomic E-state index is 14.5. The Hall–Kier alpha value is -3.64. The topological polar surface area (TPSA) is 153 Å². The molecule has 12 heteroatoms. The molecular formula is C23H28F2N6O4. The molecule has 35 heavy (non-hydrogen) atoms. The average Bonchev–Trinajstić information content (AvgIpc) is 2.80. The van der Waals surface area contributed by atoms with E-state index in [9.17, 15) is 28.3 Å². The second kappa shape index (κ2) is 10.7. The fourth-order valence-electron chi connectivity index (χ4n) is 3.78. The zero-order valence-electron chi connectivity index (χ0n) is 19.5. The highest BCUT2D eigenvalue weighted by Gasteiger charge is 2.35. The van der Waals surface area contributed by atoms with Crippen molar-refractivity contribution in [3.05, 3.63) is 68.3 Å². The van der Waals surface area contributed by atoms with Crippen LogP contribution in [0.25, 0.3) is 0 Å². The van der Waals surface area contributed by atoms with E-state index < -0.39 is 35.5 Å². The summed E-state index contributed by atoms with van der Waals surface area (Å²) in [6.07, 6.45) is 0.173. The van der Waals surface area contributed by atoms with Gasteiger partial charge in [-0.3, -0.25) is 19.4 Å². The minimum absolute atomic E-state index is 0.0812. The number of aryl methyl sites for hydroxylation is 1. The fourth-order valence-corrected chi connectivity index (χ4v) is 3.78. The molecule has 0 radical (unpaired) electrons. The molecule has 0 bridgehead atoms. The van der Waals surface area contributed by atoms with Crippen LogP contribution in [0.3, 0.4) is 0 Å². The summed E-state index contributed by atoms with van der Waals surface area (Å²) in [6.45, 7) is 2.48. The zero-order valence-corrected chi connectivity index (χ0v) is 19.5. The number of carbonyl (C=O) groups excluding carboxylic acids is 2. The number of hydrazine groups is 1. The fraction of sp³-hybridized carbons (Fsp3) is 0.391. The van der Waals surface area contributed by atoms with Crippen molar-refractivity contribution in [1.29, 1.82) is 0 Å². The van der Waals surface area contributed by atoms with Gasteiger partial charge in [0, 0.05) is 24.7 Å². The molecule has 1 aliphatic rings. The molecule has 0 spiro atoms. The van der Waals surface area contributed by atoms with Gasteiger partial charge in [0.1, 0.15) is 5.82 Å². The van der Waals surface area contributed by atoms with E-state index >= 15 is 0 Å². The summed E-state index contributed by atoms with van der Waals surface area (Å²) >= 11 is 0. The van der Waals surface area contributed by atoms with E-state index in [-0.39, 0.29) is 37.5 Å². The zero-order chi connectivity index (χ0) is 25.8. The van der Waals surface area contributed by atoms with Crippen LogP contribution in [0.2, 0.25) is 0 Å². The molecular weight excluding hydrogens is 462 g/mol. The Morgan fingerprint density at radius 1 is 1.31 bits per heavy atom. The maximum Gasteiger partial charge on any atom is 0.301 e. The van der Waals surface area contributed by atoms with Crippen molar-refractivity contribution in [2.45, 2.75) is 45.8 Å². The largest absolute Gasteiger partial charge is 0.390 e. The van der Waals surface area contributed by atoms with Crippen molar-refractivity contribution in [2.24, 2.45) is 0 Å². The number of aliphatic hydroxyl groups is 1. The lowest BCUT2D eigenvalue weighted by Gasteiger charge is -2.31. The standard InChI is InChI=1S/C23H28F2N6O4/c1-13-6-7-31(28-12-23(24,25)18-4-3-5-20(33)30-18)22(35)15(13)9-21(34)27-10-16-14(2)8-19(26)29-17(16)11-32/h3-5,8,28,32H,6-7,9-12H2,1-2H3,(H2,26,29)(H,27,34)(H,30,33). The molecule has 0 atom stereocenters. The highest BCUT2D eigenvalue weighted by Crippen LogP contribution is 2.26. The number of amides is 2. The number of hydrogen-bond acceptors (Lipinski definition) is 7. The number of aromatic amines is 1. The summed E-state index contributed by atoms with van der Waals surface area (Å²) in [7, 11) is 0. The first-order valence-electron chi connectivity index (χ1n) is 11.0. The van der Waals surface area contributed by atoms with Gasteiger partial charge in [-0.25, -0.2) is 10.4 Å². The van der Waals surface area contributed by atoms with Crippen LogP contribution in [0.4, 0.5) is 14.6 Å². The third-order valence-corrected chi connectivity index (χ3v) is 5.79. The van der Waals surface area contributed by atoms with Crippen LogP contribution in [0.15, 0.2) is 40.2 Å². The van der Waals surface area contributed by atoms with Gasteiger partial charge >= 0.3 is 5.92 Å². The number of nitrogens with one attached hydrogen (secondary N) is 3. The molecule has 2 aromatic heterocycles. The van der Waals surface area contributed by atoms with Crippen LogP contribution in [0, 0.1) is 6.92 Å². The Balaban J connectivity index is 1.62. The van der Waals surface area contributed by atoms with Gasteiger partial charge in [-0.15, -0.1) is 0 Å². The lowest BCUT2D eigenvalue weighted by Crippen LogP contribution is -2.50. The highest BCUT2D eigenvalue weighted by molar-refractivity contribution is 5.99. The van der Waals surface area contributed by atoms with Gasteiger partial charge in [0.2, 0.25) is 11.5 Å². The summed E-state index contributed by atoms with van der Waals surface area (Å²) in [6, 6.07) is 5.08. The van der Waals surface area contributed by atoms with E-state index in [1.807, 2.05) is 0 Å². The van der Waals surface area contributed by atoms with Crippen molar-refractivity contribution in [3.8, 4) is 0 Å². The number of aromatic nitrogens is 2. The number of alkyl halides is 2. The third-order valence-electron chi connectivity index (χ3n) is 5.79. The maximum absolute atomic E-state index is 14.5. The summed E-state index contributed by atoms with van der Waals surface area (Å²) < 4.78 is 29.0. The number of nitrogens with zero attached hydrogens (tertiary/aromatic N) is 2. The van der Waals surface area contributed by atoms with E-state index in [0.717, 1.165) is 22.7 Å². The molecule has 0 saturated carbocycles. The van der Waals surface area contributed by atoms with Crippen LogP contribution < -0.4 is 22.0 Å². The Labute approximate surface area is 200 Å². The number of nitrogens with two attached hydrogens (primary N) is 1. The van der Waals surface area contributed by atoms with Crippen LogP contribution in [-0.4, -0.2) is 45.0 Å². The van der Waals surface area contributed by atoms with E-state index in [2.05, 4.69) is 20.7 Å². The SMILES string of the molecule is CC1=C(CC(=O)NCc2c(C)cc(N)nc2CO)C(=O)N(NCC(F)(F)c2cccc(=O)[nH]2)CC1. The molecule has 2 amide bonds. The predicted molar refractivity (Wildman–Crippen MR) is 124 cm³/mol. The number of nitrogen functional groups attached to an aromatic ring is 1. The monoisotopic (exact) mass is 490 g/mol. The van der Waals surface area contributed by atoms with Crippen molar-refractivity contribution >= 4 is 17.6 Å². The van der Waals surface area contributed by atoms with Crippen LogP contribution in [0.1, 0.15) is 42.3 Å². The lowest BCUT2D eigenvalue weighted by atomic mass is 9.98. The minimum atomic E-state index is -3.43. The summed E-state index contributed by atoms with van der Waals surface area (Å²) in [5, 5.41) is 13.3. The molecule has 6 N–H and O–H groups in total. The van der Waals surface area contributed by atoms with Gasteiger partial charge in [0.15, 0.2) is 0 Å². The molecule has 3 rings (SSSR count). The molecule has 0 fully saturated rings. The van der Waals surface area contributed by atoms with Crippen molar-refractivity contribution in [3.63, 3.8) is 0 Å². The van der Waals surface area contributed by atoms with Crippen molar-refractivity contribution in [1.82, 2.24) is 25.7 Å². The van der Waals surface area contributed by atoms with Crippen LogP contribution in [0.5, 0.6) is 0 Å². The van der Waals surface area contributed by atoms with Crippen molar-refractivity contribution < 1.29 is 23.5 Å². The first kappa shape index (κ1) is 26.0. The van der Waals surface area contributed by atoms with Gasteiger partial charge in [-0.1, -0.05) is 11.6 Å². The number of pyridine rings is 2. The molecule has 0 saturated heterocycles. The third kappa shape index (κ3) is 6.28. The summed E-state index contributed by atoms with van der Waals surface area (Å²) in [4.78, 5) is 43.0. The number of aliphatic hydroxyl groups excluding tert-OH is 1. The minimum Gasteiger partial charge on any atom is -0.390 e. The Bertz CT molecular complexity index is 1210. The molecule has 0 aromatic carbocycles. The molecule has 1 aliphatic heterocycles. The smallest absolute Gasteiger partial charge is 0.301 e. The van der Waals surface area contributed by atoms with Crippen LogP contribution in [-0.2, 0) is 28.7 Å². The van der Waals surface area contributed by atoms with Gasteiger partial charge in [0.25, 0.3) is 5.91 Å². The first-order valence-corrected chi connectivity index (χ1v) is 11.0. The number of rotatable bonds is 9. The second-order valence-electron chi connectivity index (χ2n) is 8.33. The molecule has 188 valence electrons. The first-order chi connectivity index (χ1) is 16.5. The molecule has 0 unspecified atom stereocenters.